The topological polar surface area (TPSA) is 141 Å². The summed E-state index contributed by atoms with van der Waals surface area (Å²) in [6.45, 7) is 3.59. The SMILES string of the molecule is O=P(O)(O)CN(c1ccc2c(ccn2-c2ccc(N3CCCNCC3)nn2)c1)S(=O)(=O)c1cc(Cl)cc(Cl)c1. The normalized spacial score (nSPS) is 14.9. The molecule has 0 spiro atoms. The van der Waals surface area contributed by atoms with Crippen molar-refractivity contribution in [3.05, 3.63) is 70.8 Å². The van der Waals surface area contributed by atoms with E-state index in [1.165, 1.54) is 30.3 Å². The van der Waals surface area contributed by atoms with Crippen molar-refractivity contribution in [2.75, 3.05) is 41.7 Å². The van der Waals surface area contributed by atoms with Crippen LogP contribution >= 0.6 is 30.8 Å². The second-order valence-electron chi connectivity index (χ2n) is 9.03. The van der Waals surface area contributed by atoms with Crippen molar-refractivity contribution in [1.82, 2.24) is 20.1 Å². The highest BCUT2D eigenvalue weighted by Crippen LogP contribution is 2.40. The van der Waals surface area contributed by atoms with Crippen LogP contribution in [0.25, 0.3) is 16.7 Å². The van der Waals surface area contributed by atoms with Gasteiger partial charge in [0.2, 0.25) is 0 Å². The third-order valence-corrected chi connectivity index (χ3v) is 9.28. The molecule has 0 bridgehead atoms. The van der Waals surface area contributed by atoms with E-state index in [-0.39, 0.29) is 20.6 Å². The number of hydrogen-bond donors (Lipinski definition) is 3. The second-order valence-corrected chi connectivity index (χ2v) is 13.4. The van der Waals surface area contributed by atoms with E-state index >= 15 is 0 Å². The number of anilines is 2. The molecule has 0 amide bonds. The zero-order chi connectivity index (χ0) is 27.8. The van der Waals surface area contributed by atoms with E-state index in [2.05, 4.69) is 20.4 Å². The van der Waals surface area contributed by atoms with Gasteiger partial charge in [-0.25, -0.2) is 8.42 Å². The third kappa shape index (κ3) is 6.22. The van der Waals surface area contributed by atoms with Crippen molar-refractivity contribution in [2.24, 2.45) is 0 Å². The molecule has 1 aliphatic rings. The standard InChI is InChI=1S/C24H25Cl2N6O5PS/c25-18-13-19(26)15-21(14-18)39(36,37)32(16-38(33,34)35)20-2-3-22-17(12-20)6-10-31(22)24-5-4-23(28-29-24)30-9-1-7-27-8-11-30/h2-6,10,12-15,27H,1,7-9,11,16H2,(H2,33,34,35). The molecule has 2 aromatic carbocycles. The molecule has 11 nitrogen and oxygen atoms in total. The Bertz CT molecular complexity index is 1630. The number of nitrogens with one attached hydrogen (secondary N) is 1. The Balaban J connectivity index is 1.49. The Morgan fingerprint density at radius 3 is 2.36 bits per heavy atom. The molecule has 0 saturated carbocycles. The Morgan fingerprint density at radius 1 is 0.949 bits per heavy atom. The molecule has 15 heteroatoms. The van der Waals surface area contributed by atoms with Crippen molar-refractivity contribution in [3.8, 4) is 5.82 Å². The average molecular weight is 611 g/mol. The van der Waals surface area contributed by atoms with Gasteiger partial charge in [0.25, 0.3) is 10.0 Å². The Kier molecular flexibility index (Phi) is 7.89. The first-order chi connectivity index (χ1) is 18.5. The first kappa shape index (κ1) is 27.9. The van der Waals surface area contributed by atoms with Crippen molar-refractivity contribution < 1.29 is 22.8 Å². The van der Waals surface area contributed by atoms with Gasteiger partial charge in [0.05, 0.1) is 16.1 Å². The summed E-state index contributed by atoms with van der Waals surface area (Å²) in [5.41, 5.74) is 0.773. The molecule has 39 heavy (non-hydrogen) atoms. The third-order valence-electron chi connectivity index (χ3n) is 6.25. The fourth-order valence-electron chi connectivity index (χ4n) is 4.44. The molecular weight excluding hydrogens is 586 g/mol. The van der Waals surface area contributed by atoms with Gasteiger partial charge in [-0.05, 0) is 67.6 Å². The van der Waals surface area contributed by atoms with Gasteiger partial charge in [-0.1, -0.05) is 23.2 Å². The lowest BCUT2D eigenvalue weighted by Gasteiger charge is -2.25. The summed E-state index contributed by atoms with van der Waals surface area (Å²) in [6.07, 6.45) is 1.73. The molecule has 0 atom stereocenters. The molecule has 3 heterocycles. The van der Waals surface area contributed by atoms with Crippen molar-refractivity contribution in [3.63, 3.8) is 0 Å². The monoisotopic (exact) mass is 610 g/mol. The van der Waals surface area contributed by atoms with Gasteiger partial charge in [-0.2, -0.15) is 0 Å². The first-order valence-electron chi connectivity index (χ1n) is 12.0. The van der Waals surface area contributed by atoms with Crippen molar-refractivity contribution in [1.29, 1.82) is 0 Å². The van der Waals surface area contributed by atoms with Crippen LogP contribution in [-0.2, 0) is 14.6 Å². The van der Waals surface area contributed by atoms with Crippen LogP contribution in [0.2, 0.25) is 10.0 Å². The smallest absolute Gasteiger partial charge is 0.345 e. The molecule has 1 aliphatic heterocycles. The van der Waals surface area contributed by atoms with Crippen LogP contribution in [0.15, 0.2) is 65.7 Å². The largest absolute Gasteiger partial charge is 0.354 e. The molecule has 2 aromatic heterocycles. The van der Waals surface area contributed by atoms with E-state index < -0.39 is 23.9 Å². The maximum Gasteiger partial charge on any atom is 0.345 e. The minimum Gasteiger partial charge on any atom is -0.354 e. The van der Waals surface area contributed by atoms with Crippen LogP contribution < -0.4 is 14.5 Å². The molecule has 1 saturated heterocycles. The van der Waals surface area contributed by atoms with E-state index in [1.54, 1.807) is 22.9 Å². The number of fused-ring (bicyclic) bond motifs is 1. The Labute approximate surface area is 235 Å². The highest BCUT2D eigenvalue weighted by molar-refractivity contribution is 7.93. The molecule has 0 radical (unpaired) electrons. The fraction of sp³-hybridized carbons (Fsp3) is 0.250. The van der Waals surface area contributed by atoms with Crippen LogP contribution in [0.3, 0.4) is 0 Å². The molecule has 0 unspecified atom stereocenters. The number of hydrogen-bond acceptors (Lipinski definition) is 7. The van der Waals surface area contributed by atoms with Gasteiger partial charge >= 0.3 is 7.60 Å². The van der Waals surface area contributed by atoms with Crippen LogP contribution in [0.4, 0.5) is 11.5 Å². The van der Waals surface area contributed by atoms with E-state index in [0.717, 1.165) is 38.4 Å². The summed E-state index contributed by atoms with van der Waals surface area (Å²) < 4.78 is 41.4. The minimum atomic E-state index is -4.80. The van der Waals surface area contributed by atoms with Crippen molar-refractivity contribution >= 4 is 63.2 Å². The highest BCUT2D eigenvalue weighted by Gasteiger charge is 2.32. The summed E-state index contributed by atoms with van der Waals surface area (Å²) in [5.74, 6) is 1.36. The summed E-state index contributed by atoms with van der Waals surface area (Å²) in [7, 11) is -9.23. The van der Waals surface area contributed by atoms with E-state index in [4.69, 9.17) is 23.2 Å². The summed E-state index contributed by atoms with van der Waals surface area (Å²) in [5, 5.41) is 12.9. The number of halogens is 2. The number of sulfonamides is 1. The lowest BCUT2D eigenvalue weighted by atomic mass is 10.2. The lowest BCUT2D eigenvalue weighted by Crippen LogP contribution is -2.32. The molecular formula is C24H25Cl2N6O5PS. The number of rotatable bonds is 7. The molecule has 5 rings (SSSR count). The summed E-state index contributed by atoms with van der Waals surface area (Å²) in [6, 6.07) is 13.9. The van der Waals surface area contributed by atoms with E-state index in [1.807, 2.05) is 12.1 Å². The molecule has 0 aliphatic carbocycles. The Hall–Kier alpha value is -2.70. The van der Waals surface area contributed by atoms with Gasteiger partial charge in [0, 0.05) is 41.3 Å². The maximum atomic E-state index is 13.5. The number of nitrogens with zero attached hydrogens (tertiary/aromatic N) is 5. The van der Waals surface area contributed by atoms with Gasteiger partial charge in [-0.15, -0.1) is 10.2 Å². The molecule has 3 N–H and O–H groups in total. The first-order valence-corrected chi connectivity index (χ1v) is 15.9. The van der Waals surface area contributed by atoms with E-state index in [0.29, 0.717) is 21.0 Å². The lowest BCUT2D eigenvalue weighted by molar-refractivity contribution is 0.373. The second kappa shape index (κ2) is 11.1. The van der Waals surface area contributed by atoms with Crippen molar-refractivity contribution in [2.45, 2.75) is 11.3 Å². The highest BCUT2D eigenvalue weighted by atomic mass is 35.5. The molecule has 1 fully saturated rings. The predicted molar refractivity (Wildman–Crippen MR) is 152 cm³/mol. The van der Waals surface area contributed by atoms with Crippen LogP contribution in [0.5, 0.6) is 0 Å². The summed E-state index contributed by atoms with van der Waals surface area (Å²) in [4.78, 5) is 21.3. The zero-order valence-corrected chi connectivity index (χ0v) is 23.7. The number of aromatic nitrogens is 3. The quantitative estimate of drug-likeness (QED) is 0.266. The maximum absolute atomic E-state index is 13.5. The van der Waals surface area contributed by atoms with Crippen LogP contribution in [0.1, 0.15) is 6.42 Å². The number of benzene rings is 2. The van der Waals surface area contributed by atoms with Gasteiger partial charge in [0.15, 0.2) is 11.6 Å². The zero-order valence-electron chi connectivity index (χ0n) is 20.5. The summed E-state index contributed by atoms with van der Waals surface area (Å²) >= 11 is 12.0. The Morgan fingerprint density at radius 2 is 1.67 bits per heavy atom. The average Bonchev–Trinajstić information content (AvgIpc) is 3.10. The van der Waals surface area contributed by atoms with Gasteiger partial charge in [-0.3, -0.25) is 13.4 Å². The van der Waals surface area contributed by atoms with Crippen LogP contribution in [-0.4, -0.2) is 65.4 Å². The van der Waals surface area contributed by atoms with Gasteiger partial charge < -0.3 is 20.0 Å². The molecule has 206 valence electrons. The van der Waals surface area contributed by atoms with E-state index in [9.17, 15) is 22.8 Å². The van der Waals surface area contributed by atoms with Crippen LogP contribution in [0, 0.1) is 0 Å². The van der Waals surface area contributed by atoms with Gasteiger partial charge in [0.1, 0.15) is 6.29 Å². The fourth-order valence-corrected chi connectivity index (χ4v) is 7.85. The predicted octanol–water partition coefficient (Wildman–Crippen LogP) is 3.86. The molecule has 4 aromatic rings. The minimum absolute atomic E-state index is 0.0656.